The summed E-state index contributed by atoms with van der Waals surface area (Å²) >= 11 is 0. The van der Waals surface area contributed by atoms with E-state index in [1.54, 1.807) is 19.5 Å². The third-order valence-electron chi connectivity index (χ3n) is 6.62. The number of nitrogens with zero attached hydrogens (tertiary/aromatic N) is 4. The molecule has 0 aromatic carbocycles. The lowest BCUT2D eigenvalue weighted by atomic mass is 9.72. The van der Waals surface area contributed by atoms with Gasteiger partial charge in [0.1, 0.15) is 0 Å². The van der Waals surface area contributed by atoms with Crippen LogP contribution in [-0.2, 0) is 9.59 Å². The number of carbonyl (C=O) groups is 2. The fraction of sp³-hybridized carbons (Fsp3) is 0.714. The standard InChI is InChI=1S/C21H31N5O3/c1-3-5-18(27)24-11-17-15-10-14(16-6-4-7-19(28)26(16)17)12-25(13-15)20-21(29-2)23-9-8-22-20/h8-9,14-17H,3-7,10-13H2,1-2H3,(H,24,27)/t14-,15+,16+,17+/m1/s1. The van der Waals surface area contributed by atoms with E-state index in [2.05, 4.69) is 25.1 Å². The van der Waals surface area contributed by atoms with Gasteiger partial charge in [0.2, 0.25) is 11.8 Å². The van der Waals surface area contributed by atoms with Crippen LogP contribution in [0.25, 0.3) is 0 Å². The molecule has 1 aromatic rings. The van der Waals surface area contributed by atoms with Gasteiger partial charge in [-0.3, -0.25) is 9.59 Å². The SMILES string of the molecule is CCCC(=O)NC[C@H]1[C@H]2C[C@H](CN(c3nccnc3OC)C2)[C@@H]2CCCC(=O)N21. The molecule has 4 rings (SSSR count). The number of hydrogen-bond donors (Lipinski definition) is 1. The molecule has 2 bridgehead atoms. The van der Waals surface area contributed by atoms with Crippen molar-refractivity contribution in [2.24, 2.45) is 11.8 Å². The highest BCUT2D eigenvalue weighted by molar-refractivity contribution is 5.79. The van der Waals surface area contributed by atoms with E-state index in [4.69, 9.17) is 4.74 Å². The van der Waals surface area contributed by atoms with Gasteiger partial charge in [-0.25, -0.2) is 9.97 Å². The maximum atomic E-state index is 12.8. The molecule has 3 fully saturated rings. The van der Waals surface area contributed by atoms with Gasteiger partial charge in [0.05, 0.1) is 13.2 Å². The lowest BCUT2D eigenvalue weighted by Gasteiger charge is -2.56. The Labute approximate surface area is 172 Å². The molecule has 29 heavy (non-hydrogen) atoms. The molecular weight excluding hydrogens is 370 g/mol. The van der Waals surface area contributed by atoms with Gasteiger partial charge in [0.25, 0.3) is 5.88 Å². The van der Waals surface area contributed by atoms with E-state index in [0.717, 1.165) is 44.6 Å². The zero-order chi connectivity index (χ0) is 20.4. The molecule has 8 nitrogen and oxygen atoms in total. The zero-order valence-corrected chi connectivity index (χ0v) is 17.3. The monoisotopic (exact) mass is 401 g/mol. The average Bonchev–Trinajstić information content (AvgIpc) is 2.74. The molecular formula is C21H31N5O3. The van der Waals surface area contributed by atoms with Crippen LogP contribution in [0.15, 0.2) is 12.4 Å². The molecule has 0 aliphatic carbocycles. The van der Waals surface area contributed by atoms with Crippen molar-refractivity contribution >= 4 is 17.6 Å². The quantitative estimate of drug-likeness (QED) is 0.779. The van der Waals surface area contributed by atoms with Crippen molar-refractivity contribution in [3.8, 4) is 5.88 Å². The van der Waals surface area contributed by atoms with Crippen LogP contribution < -0.4 is 15.0 Å². The summed E-state index contributed by atoms with van der Waals surface area (Å²) in [5.74, 6) is 2.33. The van der Waals surface area contributed by atoms with E-state index in [9.17, 15) is 9.59 Å². The first-order valence-electron chi connectivity index (χ1n) is 10.8. The Bertz CT molecular complexity index is 758. The van der Waals surface area contributed by atoms with Gasteiger partial charge >= 0.3 is 0 Å². The summed E-state index contributed by atoms with van der Waals surface area (Å²) in [6.45, 7) is 4.18. The number of nitrogens with one attached hydrogen (secondary N) is 1. The number of carbonyl (C=O) groups excluding carboxylic acids is 2. The molecule has 0 saturated carbocycles. The first kappa shape index (κ1) is 19.9. The third-order valence-corrected chi connectivity index (χ3v) is 6.62. The number of fused-ring (bicyclic) bond motifs is 4. The second kappa shape index (κ2) is 8.55. The van der Waals surface area contributed by atoms with Crippen molar-refractivity contribution in [1.82, 2.24) is 20.2 Å². The van der Waals surface area contributed by atoms with Gasteiger partial charge < -0.3 is 19.9 Å². The van der Waals surface area contributed by atoms with Crippen molar-refractivity contribution < 1.29 is 14.3 Å². The maximum absolute atomic E-state index is 12.8. The largest absolute Gasteiger partial charge is 0.478 e. The summed E-state index contributed by atoms with van der Waals surface area (Å²) in [6, 6.07) is 0.279. The van der Waals surface area contributed by atoms with E-state index in [0.29, 0.717) is 37.1 Å². The highest BCUT2D eigenvalue weighted by Crippen LogP contribution is 2.43. The second-order valence-electron chi connectivity index (χ2n) is 8.43. The minimum Gasteiger partial charge on any atom is -0.478 e. The number of anilines is 1. The predicted molar refractivity (Wildman–Crippen MR) is 109 cm³/mol. The Morgan fingerprint density at radius 3 is 2.86 bits per heavy atom. The lowest BCUT2D eigenvalue weighted by molar-refractivity contribution is -0.149. The minimum absolute atomic E-state index is 0.0373. The average molecular weight is 402 g/mol. The Morgan fingerprint density at radius 2 is 2.07 bits per heavy atom. The fourth-order valence-electron chi connectivity index (χ4n) is 5.42. The third kappa shape index (κ3) is 3.89. The van der Waals surface area contributed by atoms with E-state index >= 15 is 0 Å². The predicted octanol–water partition coefficient (Wildman–Crippen LogP) is 1.61. The first-order chi connectivity index (χ1) is 14.1. The fourth-order valence-corrected chi connectivity index (χ4v) is 5.42. The van der Waals surface area contributed by atoms with Crippen molar-refractivity contribution in [2.45, 2.75) is 57.5 Å². The number of ether oxygens (including phenoxy) is 1. The number of piperidine rings is 3. The second-order valence-corrected chi connectivity index (χ2v) is 8.43. The Morgan fingerprint density at radius 1 is 1.28 bits per heavy atom. The maximum Gasteiger partial charge on any atom is 0.257 e. The molecule has 3 aliphatic heterocycles. The van der Waals surface area contributed by atoms with Crippen LogP contribution in [0, 0.1) is 11.8 Å². The summed E-state index contributed by atoms with van der Waals surface area (Å²) in [7, 11) is 1.62. The van der Waals surface area contributed by atoms with Crippen LogP contribution in [0.1, 0.15) is 45.4 Å². The molecule has 8 heteroatoms. The van der Waals surface area contributed by atoms with E-state index in [1.165, 1.54) is 0 Å². The zero-order valence-electron chi connectivity index (χ0n) is 17.3. The van der Waals surface area contributed by atoms with Crippen LogP contribution in [0.4, 0.5) is 5.82 Å². The highest BCUT2D eigenvalue weighted by Gasteiger charge is 2.49. The molecule has 3 aliphatic rings. The molecule has 4 atom stereocenters. The van der Waals surface area contributed by atoms with Crippen LogP contribution >= 0.6 is 0 Å². The molecule has 0 spiro atoms. The summed E-state index contributed by atoms with van der Waals surface area (Å²) < 4.78 is 5.44. The number of hydrogen-bond acceptors (Lipinski definition) is 6. The Balaban J connectivity index is 1.59. The van der Waals surface area contributed by atoms with Crippen molar-refractivity contribution in [3.05, 3.63) is 12.4 Å². The smallest absolute Gasteiger partial charge is 0.257 e. The van der Waals surface area contributed by atoms with E-state index in [-0.39, 0.29) is 23.9 Å². The van der Waals surface area contributed by atoms with Gasteiger partial charge in [-0.05, 0) is 37.5 Å². The number of methoxy groups -OCH3 is 1. The number of rotatable bonds is 6. The van der Waals surface area contributed by atoms with Gasteiger partial charge in [-0.15, -0.1) is 0 Å². The number of amides is 2. The van der Waals surface area contributed by atoms with Crippen LogP contribution in [-0.4, -0.2) is 65.5 Å². The minimum atomic E-state index is 0.0373. The normalized spacial score (nSPS) is 28.7. The molecule has 4 heterocycles. The lowest BCUT2D eigenvalue weighted by Crippen LogP contribution is -2.67. The van der Waals surface area contributed by atoms with Gasteiger partial charge in [0.15, 0.2) is 5.82 Å². The molecule has 3 saturated heterocycles. The Kier molecular flexibility index (Phi) is 5.87. The molecule has 1 N–H and O–H groups in total. The summed E-state index contributed by atoms with van der Waals surface area (Å²) in [5, 5.41) is 3.08. The molecule has 0 radical (unpaired) electrons. The molecule has 0 unspecified atom stereocenters. The van der Waals surface area contributed by atoms with Crippen molar-refractivity contribution in [3.63, 3.8) is 0 Å². The van der Waals surface area contributed by atoms with Gasteiger partial charge in [0, 0.05) is 50.9 Å². The van der Waals surface area contributed by atoms with Gasteiger partial charge in [-0.1, -0.05) is 6.92 Å². The van der Waals surface area contributed by atoms with Crippen LogP contribution in [0.5, 0.6) is 5.88 Å². The van der Waals surface area contributed by atoms with E-state index in [1.807, 2.05) is 6.92 Å². The molecule has 1 aromatic heterocycles. The summed E-state index contributed by atoms with van der Waals surface area (Å²) in [6.07, 6.45) is 8.38. The van der Waals surface area contributed by atoms with Crippen molar-refractivity contribution in [1.29, 1.82) is 0 Å². The Hall–Kier alpha value is -2.38. The highest BCUT2D eigenvalue weighted by atomic mass is 16.5. The number of aromatic nitrogens is 2. The van der Waals surface area contributed by atoms with E-state index < -0.39 is 0 Å². The van der Waals surface area contributed by atoms with Crippen molar-refractivity contribution in [2.75, 3.05) is 31.6 Å². The summed E-state index contributed by atoms with van der Waals surface area (Å²) in [4.78, 5) is 38.2. The molecule has 2 amide bonds. The van der Waals surface area contributed by atoms with Crippen LogP contribution in [0.2, 0.25) is 0 Å². The topological polar surface area (TPSA) is 87.7 Å². The van der Waals surface area contributed by atoms with Gasteiger partial charge in [-0.2, -0.15) is 0 Å². The first-order valence-corrected chi connectivity index (χ1v) is 10.8. The molecule has 158 valence electrons. The van der Waals surface area contributed by atoms with Crippen LogP contribution in [0.3, 0.4) is 0 Å². The summed E-state index contributed by atoms with van der Waals surface area (Å²) in [5.41, 5.74) is 0.